The molecule has 2 aromatic rings. The van der Waals surface area contributed by atoms with Crippen molar-refractivity contribution in [2.24, 2.45) is 5.73 Å². The molecule has 0 aliphatic carbocycles. The Labute approximate surface area is 103 Å². The van der Waals surface area contributed by atoms with Crippen LogP contribution in [-0.2, 0) is 0 Å². The van der Waals surface area contributed by atoms with E-state index in [4.69, 9.17) is 5.73 Å². The molecular formula is C13H13F2NS. The molecule has 0 spiro atoms. The first-order valence-electron chi connectivity index (χ1n) is 5.42. The van der Waals surface area contributed by atoms with Crippen LogP contribution in [0.25, 0.3) is 10.4 Å². The quantitative estimate of drug-likeness (QED) is 0.875. The van der Waals surface area contributed by atoms with Gasteiger partial charge in [-0.15, -0.1) is 11.3 Å². The summed E-state index contributed by atoms with van der Waals surface area (Å²) in [5.74, 6) is -1.65. The zero-order valence-corrected chi connectivity index (χ0v) is 10.2. The average Bonchev–Trinajstić information content (AvgIpc) is 2.81. The first kappa shape index (κ1) is 12.2. The maximum atomic E-state index is 13.1. The van der Waals surface area contributed by atoms with Crippen molar-refractivity contribution in [3.05, 3.63) is 46.8 Å². The van der Waals surface area contributed by atoms with Gasteiger partial charge in [-0.3, -0.25) is 0 Å². The summed E-state index contributed by atoms with van der Waals surface area (Å²) in [6.07, 6.45) is 0.859. The minimum absolute atomic E-state index is 0.0130. The minimum atomic E-state index is -0.823. The summed E-state index contributed by atoms with van der Waals surface area (Å²) in [6.45, 7) is 2.02. The van der Waals surface area contributed by atoms with Crippen LogP contribution in [0.5, 0.6) is 0 Å². The average molecular weight is 253 g/mol. The third kappa shape index (κ3) is 2.53. The lowest BCUT2D eigenvalue weighted by Crippen LogP contribution is -2.05. The van der Waals surface area contributed by atoms with Gasteiger partial charge in [-0.1, -0.05) is 13.0 Å². The highest BCUT2D eigenvalue weighted by Crippen LogP contribution is 2.32. The van der Waals surface area contributed by atoms with Crippen LogP contribution in [0.4, 0.5) is 8.78 Å². The Morgan fingerprint density at radius 2 is 1.94 bits per heavy atom. The number of nitrogens with two attached hydrogens (primary N) is 1. The molecule has 0 aliphatic rings. The standard InChI is InChI=1S/C13H13F2NS/c1-2-11(16)13-6-5-12(17-13)8-3-4-9(14)10(15)7-8/h3-7,11H,2,16H2,1H3. The van der Waals surface area contributed by atoms with Gasteiger partial charge in [-0.25, -0.2) is 8.78 Å². The van der Waals surface area contributed by atoms with Crippen LogP contribution in [0.2, 0.25) is 0 Å². The summed E-state index contributed by atoms with van der Waals surface area (Å²) in [6, 6.07) is 7.77. The molecule has 1 aromatic heterocycles. The van der Waals surface area contributed by atoms with Gasteiger partial charge in [0.2, 0.25) is 0 Å². The molecule has 0 aliphatic heterocycles. The second-order valence-corrected chi connectivity index (χ2v) is 4.96. The Morgan fingerprint density at radius 1 is 1.18 bits per heavy atom. The van der Waals surface area contributed by atoms with Crippen molar-refractivity contribution in [2.75, 3.05) is 0 Å². The Morgan fingerprint density at radius 3 is 2.59 bits per heavy atom. The monoisotopic (exact) mass is 253 g/mol. The van der Waals surface area contributed by atoms with Crippen molar-refractivity contribution in [1.29, 1.82) is 0 Å². The fourth-order valence-corrected chi connectivity index (χ4v) is 2.65. The van der Waals surface area contributed by atoms with Gasteiger partial charge >= 0.3 is 0 Å². The molecule has 0 saturated carbocycles. The van der Waals surface area contributed by atoms with Crippen LogP contribution in [0, 0.1) is 11.6 Å². The molecule has 90 valence electrons. The van der Waals surface area contributed by atoms with E-state index in [1.807, 2.05) is 19.1 Å². The molecule has 0 radical (unpaired) electrons. The minimum Gasteiger partial charge on any atom is -0.323 e. The van der Waals surface area contributed by atoms with E-state index >= 15 is 0 Å². The molecule has 1 heterocycles. The lowest BCUT2D eigenvalue weighted by Gasteiger charge is -2.04. The van der Waals surface area contributed by atoms with E-state index in [1.165, 1.54) is 17.4 Å². The molecular weight excluding hydrogens is 240 g/mol. The molecule has 1 aromatic carbocycles. The van der Waals surface area contributed by atoms with E-state index in [-0.39, 0.29) is 6.04 Å². The van der Waals surface area contributed by atoms with Crippen molar-refractivity contribution in [3.63, 3.8) is 0 Å². The molecule has 1 nitrogen and oxygen atoms in total. The van der Waals surface area contributed by atoms with Gasteiger partial charge < -0.3 is 5.73 Å². The van der Waals surface area contributed by atoms with Crippen LogP contribution in [0.15, 0.2) is 30.3 Å². The van der Waals surface area contributed by atoms with Gasteiger partial charge in [-0.05, 0) is 36.2 Å². The second kappa shape index (κ2) is 4.94. The number of hydrogen-bond donors (Lipinski definition) is 1. The molecule has 1 atom stereocenters. The summed E-state index contributed by atoms with van der Waals surface area (Å²) in [7, 11) is 0. The first-order valence-corrected chi connectivity index (χ1v) is 6.24. The Bertz CT molecular complexity index is 522. The van der Waals surface area contributed by atoms with Crippen molar-refractivity contribution < 1.29 is 8.78 Å². The largest absolute Gasteiger partial charge is 0.323 e. The predicted molar refractivity (Wildman–Crippen MR) is 66.9 cm³/mol. The molecule has 0 amide bonds. The topological polar surface area (TPSA) is 26.0 Å². The summed E-state index contributed by atoms with van der Waals surface area (Å²) >= 11 is 1.52. The van der Waals surface area contributed by atoms with Gasteiger partial charge in [0.1, 0.15) is 0 Å². The third-order valence-corrected chi connectivity index (χ3v) is 3.90. The lowest BCUT2D eigenvalue weighted by atomic mass is 10.1. The van der Waals surface area contributed by atoms with E-state index in [1.54, 1.807) is 6.07 Å². The predicted octanol–water partition coefficient (Wildman–Crippen LogP) is 4.10. The molecule has 0 bridgehead atoms. The second-order valence-electron chi connectivity index (χ2n) is 3.85. The third-order valence-electron chi connectivity index (χ3n) is 2.64. The van der Waals surface area contributed by atoms with E-state index < -0.39 is 11.6 Å². The van der Waals surface area contributed by atoms with Gasteiger partial charge in [0.25, 0.3) is 0 Å². The maximum Gasteiger partial charge on any atom is 0.159 e. The van der Waals surface area contributed by atoms with Crippen LogP contribution >= 0.6 is 11.3 Å². The van der Waals surface area contributed by atoms with Gasteiger partial charge in [0.15, 0.2) is 11.6 Å². The summed E-state index contributed by atoms with van der Waals surface area (Å²) < 4.78 is 25.9. The highest BCUT2D eigenvalue weighted by molar-refractivity contribution is 7.15. The highest BCUT2D eigenvalue weighted by atomic mass is 32.1. The molecule has 4 heteroatoms. The van der Waals surface area contributed by atoms with Crippen LogP contribution in [-0.4, -0.2) is 0 Å². The van der Waals surface area contributed by atoms with E-state index in [0.717, 1.165) is 22.2 Å². The van der Waals surface area contributed by atoms with Crippen LogP contribution in [0.3, 0.4) is 0 Å². The van der Waals surface area contributed by atoms with Crippen molar-refractivity contribution in [1.82, 2.24) is 0 Å². The summed E-state index contributed by atoms with van der Waals surface area (Å²) in [5.41, 5.74) is 6.60. The van der Waals surface area contributed by atoms with Crippen molar-refractivity contribution in [2.45, 2.75) is 19.4 Å². The molecule has 1 unspecified atom stereocenters. The number of thiophene rings is 1. The van der Waals surface area contributed by atoms with Crippen LogP contribution in [0.1, 0.15) is 24.3 Å². The smallest absolute Gasteiger partial charge is 0.159 e. The zero-order chi connectivity index (χ0) is 12.4. The molecule has 2 N–H and O–H groups in total. The van der Waals surface area contributed by atoms with E-state index in [2.05, 4.69) is 0 Å². The Balaban J connectivity index is 2.33. The van der Waals surface area contributed by atoms with Gasteiger partial charge in [-0.2, -0.15) is 0 Å². The molecule has 17 heavy (non-hydrogen) atoms. The molecule has 0 fully saturated rings. The normalized spacial score (nSPS) is 12.7. The van der Waals surface area contributed by atoms with Gasteiger partial charge in [0, 0.05) is 15.8 Å². The number of rotatable bonds is 3. The Kier molecular flexibility index (Phi) is 3.54. The zero-order valence-electron chi connectivity index (χ0n) is 9.41. The summed E-state index contributed by atoms with van der Waals surface area (Å²) in [5, 5.41) is 0. The Hall–Kier alpha value is -1.26. The lowest BCUT2D eigenvalue weighted by molar-refractivity contribution is 0.509. The molecule has 2 rings (SSSR count). The fraction of sp³-hybridized carbons (Fsp3) is 0.231. The van der Waals surface area contributed by atoms with Crippen molar-refractivity contribution in [3.8, 4) is 10.4 Å². The highest BCUT2D eigenvalue weighted by Gasteiger charge is 2.10. The van der Waals surface area contributed by atoms with E-state index in [9.17, 15) is 8.78 Å². The van der Waals surface area contributed by atoms with Crippen molar-refractivity contribution >= 4 is 11.3 Å². The molecule has 0 saturated heterocycles. The first-order chi connectivity index (χ1) is 8.11. The SMILES string of the molecule is CCC(N)c1ccc(-c2ccc(F)c(F)c2)s1. The van der Waals surface area contributed by atoms with E-state index in [0.29, 0.717) is 5.56 Å². The number of hydrogen-bond acceptors (Lipinski definition) is 2. The summed E-state index contributed by atoms with van der Waals surface area (Å²) in [4.78, 5) is 1.97. The van der Waals surface area contributed by atoms with Crippen LogP contribution < -0.4 is 5.73 Å². The van der Waals surface area contributed by atoms with Gasteiger partial charge in [0.05, 0.1) is 0 Å². The fourth-order valence-electron chi connectivity index (χ4n) is 1.56. The number of benzene rings is 1. The number of halogens is 2. The maximum absolute atomic E-state index is 13.1.